The molecule has 1 amide bonds. The summed E-state index contributed by atoms with van der Waals surface area (Å²) in [4.78, 5) is 29.7. The van der Waals surface area contributed by atoms with Gasteiger partial charge in [-0.15, -0.1) is 0 Å². The van der Waals surface area contributed by atoms with E-state index in [1.165, 1.54) is 5.56 Å². The van der Waals surface area contributed by atoms with Crippen LogP contribution < -0.4 is 4.74 Å². The summed E-state index contributed by atoms with van der Waals surface area (Å²) in [6.45, 7) is 8.02. The van der Waals surface area contributed by atoms with Gasteiger partial charge >= 0.3 is 0 Å². The predicted molar refractivity (Wildman–Crippen MR) is 140 cm³/mol. The molecule has 1 saturated heterocycles. The second kappa shape index (κ2) is 12.0. The Labute approximate surface area is 209 Å². The number of amides is 1. The second-order valence-corrected chi connectivity index (χ2v) is 9.70. The van der Waals surface area contributed by atoms with Crippen LogP contribution in [0.3, 0.4) is 0 Å². The van der Waals surface area contributed by atoms with Gasteiger partial charge in [-0.05, 0) is 61.8 Å². The van der Waals surface area contributed by atoms with E-state index in [9.17, 15) is 14.7 Å². The number of likely N-dealkylation sites (N-methyl/N-ethyl adjacent to an activating group) is 1. The fourth-order valence-corrected chi connectivity index (χ4v) is 4.23. The van der Waals surface area contributed by atoms with Crippen molar-refractivity contribution in [2.24, 2.45) is 0 Å². The van der Waals surface area contributed by atoms with Crippen LogP contribution in [0.1, 0.15) is 68.7 Å². The van der Waals surface area contributed by atoms with Gasteiger partial charge in [-0.1, -0.05) is 57.9 Å². The average molecular weight is 479 g/mol. The van der Waals surface area contributed by atoms with Crippen LogP contribution in [-0.4, -0.2) is 60.4 Å². The Morgan fingerprint density at radius 1 is 1.03 bits per heavy atom. The molecule has 0 radical (unpaired) electrons. The van der Waals surface area contributed by atoms with Gasteiger partial charge in [-0.25, -0.2) is 0 Å². The maximum atomic E-state index is 13.2. The van der Waals surface area contributed by atoms with Crippen molar-refractivity contribution < 1.29 is 19.4 Å². The number of carbonyl (C=O) groups excluding carboxylic acids is 2. The van der Waals surface area contributed by atoms with E-state index < -0.39 is 17.7 Å². The highest BCUT2D eigenvalue weighted by Gasteiger charge is 2.45. The van der Waals surface area contributed by atoms with Crippen LogP contribution in [0, 0.1) is 0 Å². The quantitative estimate of drug-likeness (QED) is 0.204. The van der Waals surface area contributed by atoms with Gasteiger partial charge in [0, 0.05) is 18.7 Å². The zero-order valence-electron chi connectivity index (χ0n) is 21.6. The first-order chi connectivity index (χ1) is 16.7. The summed E-state index contributed by atoms with van der Waals surface area (Å²) in [5.41, 5.74) is 2.60. The standard InChI is InChI=1S/C29H38N2O4/c1-6-7-8-19-35-24-15-13-23(14-16-24)27(32)25-26(22-11-9-21(10-12-22)20(2)3)31(18-17-30(4)5)29(34)28(25)33/h9-16,20,26,32H,6-8,17-19H2,1-5H3/b27-25-. The number of rotatable bonds is 11. The van der Waals surface area contributed by atoms with E-state index in [4.69, 9.17) is 4.74 Å². The normalized spacial score (nSPS) is 17.6. The molecule has 1 atom stereocenters. The zero-order valence-corrected chi connectivity index (χ0v) is 21.6. The van der Waals surface area contributed by atoms with Crippen LogP contribution in [0.2, 0.25) is 0 Å². The van der Waals surface area contributed by atoms with E-state index in [1.54, 1.807) is 29.2 Å². The van der Waals surface area contributed by atoms with Crippen molar-refractivity contribution in [2.75, 3.05) is 33.8 Å². The lowest BCUT2D eigenvalue weighted by Crippen LogP contribution is -2.35. The van der Waals surface area contributed by atoms with Gasteiger partial charge < -0.3 is 19.6 Å². The van der Waals surface area contributed by atoms with Gasteiger partial charge in [0.1, 0.15) is 11.5 Å². The zero-order chi connectivity index (χ0) is 25.5. The fourth-order valence-electron chi connectivity index (χ4n) is 4.23. The lowest BCUT2D eigenvalue weighted by molar-refractivity contribution is -0.140. The molecular formula is C29H38N2O4. The summed E-state index contributed by atoms with van der Waals surface area (Å²) in [5, 5.41) is 11.2. The molecule has 0 bridgehead atoms. The summed E-state index contributed by atoms with van der Waals surface area (Å²) < 4.78 is 5.77. The molecular weight excluding hydrogens is 440 g/mol. The van der Waals surface area contributed by atoms with Gasteiger partial charge in [-0.2, -0.15) is 0 Å². The van der Waals surface area contributed by atoms with E-state index >= 15 is 0 Å². The number of hydrogen-bond donors (Lipinski definition) is 1. The third-order valence-corrected chi connectivity index (χ3v) is 6.39. The van der Waals surface area contributed by atoms with E-state index in [0.717, 1.165) is 24.8 Å². The molecule has 1 N–H and O–H groups in total. The highest BCUT2D eigenvalue weighted by Crippen LogP contribution is 2.39. The van der Waals surface area contributed by atoms with E-state index in [-0.39, 0.29) is 11.3 Å². The molecule has 1 unspecified atom stereocenters. The highest BCUT2D eigenvalue weighted by molar-refractivity contribution is 6.46. The van der Waals surface area contributed by atoms with Crippen molar-refractivity contribution >= 4 is 17.4 Å². The Morgan fingerprint density at radius 2 is 1.69 bits per heavy atom. The minimum Gasteiger partial charge on any atom is -0.507 e. The summed E-state index contributed by atoms with van der Waals surface area (Å²) in [7, 11) is 3.85. The lowest BCUT2D eigenvalue weighted by Gasteiger charge is -2.27. The average Bonchev–Trinajstić information content (AvgIpc) is 3.10. The Bertz CT molecular complexity index is 1040. The van der Waals surface area contributed by atoms with Crippen molar-refractivity contribution in [3.05, 3.63) is 70.8 Å². The molecule has 0 spiro atoms. The number of aliphatic hydroxyl groups excluding tert-OH is 1. The molecule has 0 aromatic heterocycles. The first-order valence-corrected chi connectivity index (χ1v) is 12.5. The van der Waals surface area contributed by atoms with Gasteiger partial charge in [0.2, 0.25) is 0 Å². The topological polar surface area (TPSA) is 70.1 Å². The fraction of sp³-hybridized carbons (Fsp3) is 0.448. The largest absolute Gasteiger partial charge is 0.507 e. The van der Waals surface area contributed by atoms with E-state index in [1.807, 2.05) is 43.3 Å². The second-order valence-electron chi connectivity index (χ2n) is 9.70. The molecule has 35 heavy (non-hydrogen) atoms. The molecule has 6 heteroatoms. The maximum Gasteiger partial charge on any atom is 0.295 e. The van der Waals surface area contributed by atoms with E-state index in [2.05, 4.69) is 20.8 Å². The van der Waals surface area contributed by atoms with Gasteiger partial charge in [0.25, 0.3) is 11.7 Å². The molecule has 1 aliphatic heterocycles. The smallest absolute Gasteiger partial charge is 0.295 e. The molecule has 188 valence electrons. The van der Waals surface area contributed by atoms with Crippen molar-refractivity contribution in [2.45, 2.75) is 52.0 Å². The Hall–Kier alpha value is -3.12. The Kier molecular flexibility index (Phi) is 9.10. The molecule has 0 aliphatic carbocycles. The number of ether oxygens (including phenoxy) is 1. The van der Waals surface area contributed by atoms with Gasteiger partial charge in [-0.3, -0.25) is 9.59 Å². The first kappa shape index (κ1) is 26.5. The molecule has 2 aromatic rings. The third kappa shape index (κ3) is 6.31. The number of aliphatic hydroxyl groups is 1. The molecule has 1 heterocycles. The van der Waals surface area contributed by atoms with Crippen LogP contribution in [0.15, 0.2) is 54.1 Å². The van der Waals surface area contributed by atoms with Gasteiger partial charge in [0.15, 0.2) is 0 Å². The van der Waals surface area contributed by atoms with Crippen molar-refractivity contribution in [3.63, 3.8) is 0 Å². The van der Waals surface area contributed by atoms with Crippen molar-refractivity contribution in [1.82, 2.24) is 9.80 Å². The number of likely N-dealkylation sites (tertiary alicyclic amines) is 1. The highest BCUT2D eigenvalue weighted by atomic mass is 16.5. The summed E-state index contributed by atoms with van der Waals surface area (Å²) in [5.74, 6) is -0.316. The van der Waals surface area contributed by atoms with Crippen LogP contribution in [0.25, 0.3) is 5.76 Å². The SMILES string of the molecule is CCCCCOc1ccc(/C(O)=C2/C(=O)C(=O)N(CCN(C)C)C2c2ccc(C(C)C)cc2)cc1. The molecule has 6 nitrogen and oxygen atoms in total. The third-order valence-electron chi connectivity index (χ3n) is 6.39. The number of ketones is 1. The van der Waals surface area contributed by atoms with Crippen LogP contribution in [0.5, 0.6) is 5.75 Å². The van der Waals surface area contributed by atoms with Crippen molar-refractivity contribution in [1.29, 1.82) is 0 Å². The molecule has 2 aromatic carbocycles. The Balaban J connectivity index is 1.97. The minimum atomic E-state index is -0.654. The summed E-state index contributed by atoms with van der Waals surface area (Å²) in [6, 6.07) is 14.4. The molecule has 1 aliphatic rings. The van der Waals surface area contributed by atoms with Crippen LogP contribution >= 0.6 is 0 Å². The number of benzene rings is 2. The molecule has 1 fully saturated rings. The summed E-state index contributed by atoms with van der Waals surface area (Å²) in [6.07, 6.45) is 3.23. The number of nitrogens with zero attached hydrogens (tertiary/aromatic N) is 2. The van der Waals surface area contributed by atoms with Gasteiger partial charge in [0.05, 0.1) is 18.2 Å². The van der Waals surface area contributed by atoms with Crippen LogP contribution in [0.4, 0.5) is 0 Å². The maximum absolute atomic E-state index is 13.2. The van der Waals surface area contributed by atoms with Crippen molar-refractivity contribution in [3.8, 4) is 5.75 Å². The number of hydrogen-bond acceptors (Lipinski definition) is 5. The number of carbonyl (C=O) groups is 2. The molecule has 3 rings (SSSR count). The number of Topliss-reactive ketones (excluding diaryl/α,β-unsaturated/α-hetero) is 1. The Morgan fingerprint density at radius 3 is 2.26 bits per heavy atom. The van der Waals surface area contributed by atoms with Crippen LogP contribution in [-0.2, 0) is 9.59 Å². The van der Waals surface area contributed by atoms with E-state index in [0.29, 0.717) is 36.9 Å². The monoisotopic (exact) mass is 478 g/mol. The minimum absolute atomic E-state index is 0.127. The predicted octanol–water partition coefficient (Wildman–Crippen LogP) is 5.36. The lowest BCUT2D eigenvalue weighted by atomic mass is 9.93. The molecule has 0 saturated carbocycles. The summed E-state index contributed by atoms with van der Waals surface area (Å²) >= 11 is 0. The number of unbranched alkanes of at least 4 members (excludes halogenated alkanes) is 2. The first-order valence-electron chi connectivity index (χ1n) is 12.5.